The van der Waals surface area contributed by atoms with E-state index in [1.807, 2.05) is 0 Å². The quantitative estimate of drug-likeness (QED) is 0.548. The molecule has 0 aliphatic carbocycles. The van der Waals surface area contributed by atoms with Crippen molar-refractivity contribution < 1.29 is 9.18 Å². The third-order valence-electron chi connectivity index (χ3n) is 3.91. The van der Waals surface area contributed by atoms with Crippen LogP contribution in [0.25, 0.3) is 15.9 Å². The van der Waals surface area contributed by atoms with Crippen LogP contribution < -0.4 is 5.32 Å². The zero-order chi connectivity index (χ0) is 18.3. The molecule has 0 saturated heterocycles. The molecular formula is C18H12ClFN4OS. The maximum atomic E-state index is 14.0. The Balaban J connectivity index is 1.63. The largest absolute Gasteiger partial charge is 0.298 e. The minimum absolute atomic E-state index is 0.290. The Kier molecular flexibility index (Phi) is 4.18. The number of carbonyl (C=O) groups is 1. The van der Waals surface area contributed by atoms with Crippen LogP contribution in [0.5, 0.6) is 0 Å². The molecule has 0 bridgehead atoms. The third-order valence-corrected chi connectivity index (χ3v) is 5.07. The Bertz CT molecular complexity index is 1140. The van der Waals surface area contributed by atoms with Gasteiger partial charge in [-0.3, -0.25) is 10.1 Å². The number of thiazole rings is 1. The van der Waals surface area contributed by atoms with Crippen LogP contribution in [0.1, 0.15) is 16.1 Å². The van der Waals surface area contributed by atoms with Crippen molar-refractivity contribution >= 4 is 44.2 Å². The smallest absolute Gasteiger partial charge is 0.260 e. The van der Waals surface area contributed by atoms with Crippen molar-refractivity contribution in [3.05, 3.63) is 70.8 Å². The number of halogens is 2. The second-order valence-corrected chi connectivity index (χ2v) is 7.06. The van der Waals surface area contributed by atoms with Crippen molar-refractivity contribution in [1.29, 1.82) is 0 Å². The van der Waals surface area contributed by atoms with Gasteiger partial charge in [-0.05, 0) is 37.3 Å². The summed E-state index contributed by atoms with van der Waals surface area (Å²) in [6.07, 6.45) is 1.42. The van der Waals surface area contributed by atoms with E-state index < -0.39 is 5.82 Å². The number of para-hydroxylation sites is 1. The zero-order valence-electron chi connectivity index (χ0n) is 13.5. The topological polar surface area (TPSA) is 59.8 Å². The van der Waals surface area contributed by atoms with Crippen LogP contribution in [0.2, 0.25) is 5.02 Å². The van der Waals surface area contributed by atoms with E-state index in [4.69, 9.17) is 11.6 Å². The Morgan fingerprint density at radius 3 is 2.88 bits per heavy atom. The average Bonchev–Trinajstić information content (AvgIpc) is 3.18. The predicted octanol–water partition coefficient (Wildman–Crippen LogP) is 4.84. The van der Waals surface area contributed by atoms with Crippen LogP contribution in [0, 0.1) is 12.7 Å². The van der Waals surface area contributed by atoms with E-state index in [0.29, 0.717) is 27.1 Å². The number of benzene rings is 2. The molecule has 2 aromatic carbocycles. The maximum Gasteiger partial charge on any atom is 0.260 e. The predicted molar refractivity (Wildman–Crippen MR) is 101 cm³/mol. The molecule has 1 amide bonds. The van der Waals surface area contributed by atoms with Crippen molar-refractivity contribution in [2.75, 3.05) is 5.32 Å². The summed E-state index contributed by atoms with van der Waals surface area (Å²) >= 11 is 7.31. The van der Waals surface area contributed by atoms with Gasteiger partial charge in [0.15, 0.2) is 5.13 Å². The van der Waals surface area contributed by atoms with Crippen LogP contribution >= 0.6 is 22.9 Å². The molecule has 0 saturated carbocycles. The summed E-state index contributed by atoms with van der Waals surface area (Å²) in [5.41, 5.74) is 1.94. The minimum atomic E-state index is -0.409. The number of hydrogen-bond donors (Lipinski definition) is 1. The average molecular weight is 387 g/mol. The van der Waals surface area contributed by atoms with Gasteiger partial charge in [-0.1, -0.05) is 35.1 Å². The van der Waals surface area contributed by atoms with E-state index in [-0.39, 0.29) is 5.91 Å². The van der Waals surface area contributed by atoms with Crippen molar-refractivity contribution in [2.45, 2.75) is 6.92 Å². The first kappa shape index (κ1) is 16.7. The van der Waals surface area contributed by atoms with Crippen LogP contribution in [-0.4, -0.2) is 20.7 Å². The normalized spacial score (nSPS) is 11.0. The Morgan fingerprint density at radius 1 is 1.27 bits per heavy atom. The van der Waals surface area contributed by atoms with Crippen molar-refractivity contribution in [2.24, 2.45) is 0 Å². The van der Waals surface area contributed by atoms with Gasteiger partial charge < -0.3 is 0 Å². The van der Waals surface area contributed by atoms with E-state index in [0.717, 1.165) is 10.2 Å². The molecule has 130 valence electrons. The van der Waals surface area contributed by atoms with Gasteiger partial charge in [0.25, 0.3) is 5.91 Å². The van der Waals surface area contributed by atoms with Crippen molar-refractivity contribution in [3.63, 3.8) is 0 Å². The van der Waals surface area contributed by atoms with Gasteiger partial charge in [0.05, 0.1) is 27.7 Å². The van der Waals surface area contributed by atoms with E-state index in [2.05, 4.69) is 15.4 Å². The molecule has 1 N–H and O–H groups in total. The number of fused-ring (bicyclic) bond motifs is 1. The van der Waals surface area contributed by atoms with E-state index in [1.54, 1.807) is 43.3 Å². The lowest BCUT2D eigenvalue weighted by atomic mass is 10.2. The van der Waals surface area contributed by atoms with Crippen LogP contribution in [0.3, 0.4) is 0 Å². The summed E-state index contributed by atoms with van der Waals surface area (Å²) in [7, 11) is 0. The number of aromatic nitrogens is 3. The number of rotatable bonds is 3. The first-order valence-electron chi connectivity index (χ1n) is 7.70. The monoisotopic (exact) mass is 386 g/mol. The standard InChI is InChI=1S/C18H12ClFN4OS/c1-10-12(9-21-24(10)15-5-3-2-4-13(15)20)17(25)23-18-22-14-7-6-11(19)8-16(14)26-18/h2-9H,1H3,(H,22,23,25). The molecule has 0 radical (unpaired) electrons. The summed E-state index contributed by atoms with van der Waals surface area (Å²) in [6, 6.07) is 11.6. The highest BCUT2D eigenvalue weighted by Crippen LogP contribution is 2.29. The highest BCUT2D eigenvalue weighted by molar-refractivity contribution is 7.22. The lowest BCUT2D eigenvalue weighted by molar-refractivity contribution is 0.102. The van der Waals surface area contributed by atoms with Crippen molar-refractivity contribution in [3.8, 4) is 5.69 Å². The highest BCUT2D eigenvalue weighted by atomic mass is 35.5. The molecule has 0 fully saturated rings. The molecule has 2 heterocycles. The van der Waals surface area contributed by atoms with E-state index in [9.17, 15) is 9.18 Å². The second-order valence-electron chi connectivity index (χ2n) is 5.59. The Labute approximate surface area is 157 Å². The fraction of sp³-hybridized carbons (Fsp3) is 0.0556. The molecule has 0 spiro atoms. The maximum absolute atomic E-state index is 14.0. The van der Waals surface area contributed by atoms with Crippen molar-refractivity contribution in [1.82, 2.24) is 14.8 Å². The number of hydrogen-bond acceptors (Lipinski definition) is 4. The zero-order valence-corrected chi connectivity index (χ0v) is 15.1. The van der Waals surface area contributed by atoms with Crippen LogP contribution in [0.4, 0.5) is 9.52 Å². The van der Waals surface area contributed by atoms with Crippen LogP contribution in [-0.2, 0) is 0 Å². The Morgan fingerprint density at radius 2 is 2.08 bits per heavy atom. The Hall–Kier alpha value is -2.77. The van der Waals surface area contributed by atoms with Gasteiger partial charge in [-0.2, -0.15) is 5.10 Å². The first-order chi connectivity index (χ1) is 12.5. The molecule has 0 aliphatic rings. The van der Waals surface area contributed by atoms with Gasteiger partial charge >= 0.3 is 0 Å². The summed E-state index contributed by atoms with van der Waals surface area (Å²) in [5.74, 6) is -0.760. The fourth-order valence-electron chi connectivity index (χ4n) is 2.62. The van der Waals surface area contributed by atoms with Crippen LogP contribution in [0.15, 0.2) is 48.7 Å². The van der Waals surface area contributed by atoms with Gasteiger partial charge in [-0.15, -0.1) is 0 Å². The molecule has 0 aliphatic heterocycles. The number of nitrogens with one attached hydrogen (secondary N) is 1. The van der Waals surface area contributed by atoms with E-state index in [1.165, 1.54) is 28.3 Å². The number of carbonyl (C=O) groups excluding carboxylic acids is 1. The highest BCUT2D eigenvalue weighted by Gasteiger charge is 2.18. The lowest BCUT2D eigenvalue weighted by Gasteiger charge is -2.06. The summed E-state index contributed by atoms with van der Waals surface area (Å²) in [6.45, 7) is 1.71. The lowest BCUT2D eigenvalue weighted by Crippen LogP contribution is -2.13. The molecule has 2 aromatic heterocycles. The molecule has 0 unspecified atom stereocenters. The number of nitrogens with zero attached hydrogens (tertiary/aromatic N) is 3. The van der Waals surface area contributed by atoms with Gasteiger partial charge in [0.2, 0.25) is 0 Å². The molecule has 8 heteroatoms. The molecule has 5 nitrogen and oxygen atoms in total. The fourth-order valence-corrected chi connectivity index (χ4v) is 3.75. The molecule has 4 rings (SSSR count). The summed E-state index contributed by atoms with van der Waals surface area (Å²) < 4.78 is 16.3. The molecule has 4 aromatic rings. The first-order valence-corrected chi connectivity index (χ1v) is 8.89. The SMILES string of the molecule is Cc1c(C(=O)Nc2nc3ccc(Cl)cc3s2)cnn1-c1ccccc1F. The third kappa shape index (κ3) is 2.95. The molecule has 26 heavy (non-hydrogen) atoms. The van der Waals surface area contributed by atoms with Gasteiger partial charge in [-0.25, -0.2) is 14.1 Å². The number of amides is 1. The second kappa shape index (κ2) is 6.51. The summed E-state index contributed by atoms with van der Waals surface area (Å²) in [5, 5.41) is 7.99. The molecular weight excluding hydrogens is 375 g/mol. The summed E-state index contributed by atoms with van der Waals surface area (Å²) in [4.78, 5) is 17.0. The van der Waals surface area contributed by atoms with Gasteiger partial charge in [0.1, 0.15) is 11.5 Å². The van der Waals surface area contributed by atoms with E-state index >= 15 is 0 Å². The number of anilines is 1. The molecule has 0 atom stereocenters. The van der Waals surface area contributed by atoms with Gasteiger partial charge in [0, 0.05) is 5.02 Å². The minimum Gasteiger partial charge on any atom is -0.298 e.